The summed E-state index contributed by atoms with van der Waals surface area (Å²) in [5.41, 5.74) is 7.89. The number of fused-ring (bicyclic) bond motifs is 1. The van der Waals surface area contributed by atoms with E-state index in [9.17, 15) is 13.2 Å². The van der Waals surface area contributed by atoms with Crippen LogP contribution >= 0.6 is 11.3 Å². The molecule has 0 radical (unpaired) electrons. The van der Waals surface area contributed by atoms with Gasteiger partial charge in [-0.3, -0.25) is 0 Å². The molecule has 3 N–H and O–H groups in total. The Hall–Kier alpha value is -3.17. The number of ether oxygens (including phenoxy) is 1. The first-order valence-corrected chi connectivity index (χ1v) is 9.85. The summed E-state index contributed by atoms with van der Waals surface area (Å²) in [4.78, 5) is 9.32. The Morgan fingerprint density at radius 2 is 1.83 bits per heavy atom. The average Bonchev–Trinajstić information content (AvgIpc) is 3.15. The third kappa shape index (κ3) is 4.87. The third-order valence-corrected chi connectivity index (χ3v) is 5.51. The molecule has 0 bridgehead atoms. The van der Waals surface area contributed by atoms with Crippen molar-refractivity contribution in [1.82, 2.24) is 9.97 Å². The van der Waals surface area contributed by atoms with E-state index in [4.69, 9.17) is 5.73 Å². The van der Waals surface area contributed by atoms with Gasteiger partial charge in [-0.1, -0.05) is 30.3 Å². The van der Waals surface area contributed by atoms with Crippen LogP contribution in [0.4, 0.5) is 19.0 Å². The molecule has 5 nitrogen and oxygen atoms in total. The number of halogens is 3. The molecular weight excluding hydrogens is 413 g/mol. The van der Waals surface area contributed by atoms with Crippen molar-refractivity contribution in [3.8, 4) is 16.3 Å². The van der Waals surface area contributed by atoms with Crippen molar-refractivity contribution in [2.24, 2.45) is 5.73 Å². The maximum Gasteiger partial charge on any atom is 0.573 e. The van der Waals surface area contributed by atoms with Crippen molar-refractivity contribution in [2.45, 2.75) is 12.4 Å². The number of benzene rings is 2. The van der Waals surface area contributed by atoms with Gasteiger partial charge in [0.2, 0.25) is 0 Å². The lowest BCUT2D eigenvalue weighted by Crippen LogP contribution is -2.20. The monoisotopic (exact) mass is 430 g/mol. The molecule has 0 unspecified atom stereocenters. The van der Waals surface area contributed by atoms with E-state index in [2.05, 4.69) is 20.0 Å². The summed E-state index contributed by atoms with van der Waals surface area (Å²) >= 11 is 1.43. The molecule has 2 aromatic heterocycles. The summed E-state index contributed by atoms with van der Waals surface area (Å²) in [6.45, 7) is 0.491. The first-order valence-electron chi connectivity index (χ1n) is 9.03. The number of nitrogens with one attached hydrogen (secondary N) is 1. The molecule has 4 rings (SSSR count). The van der Waals surface area contributed by atoms with Crippen LogP contribution < -0.4 is 15.8 Å². The standard InChI is InChI=1S/C21H17F3N4OS/c22-21(23,24)29-15-6-7-18-14(8-15)9-19(30-18)17-10-20(28-12-27-17)26-11-16(25)13-4-2-1-3-5-13/h1-10,12,16H,11,25H2,(H,26,27,28)/t16-/m0/s1. The number of hydrogen-bond acceptors (Lipinski definition) is 6. The lowest BCUT2D eigenvalue weighted by atomic mass is 10.1. The topological polar surface area (TPSA) is 73.1 Å². The Morgan fingerprint density at radius 1 is 1.03 bits per heavy atom. The minimum absolute atomic E-state index is 0.194. The number of alkyl halides is 3. The van der Waals surface area contributed by atoms with Crippen molar-refractivity contribution in [1.29, 1.82) is 0 Å². The van der Waals surface area contributed by atoms with Crippen LogP contribution in [0.2, 0.25) is 0 Å². The lowest BCUT2D eigenvalue weighted by molar-refractivity contribution is -0.274. The molecule has 1 atom stereocenters. The number of anilines is 1. The fourth-order valence-corrected chi connectivity index (χ4v) is 3.98. The molecule has 2 heterocycles. The minimum Gasteiger partial charge on any atom is -0.406 e. The predicted molar refractivity (Wildman–Crippen MR) is 111 cm³/mol. The first kappa shape index (κ1) is 20.1. The van der Waals surface area contributed by atoms with E-state index >= 15 is 0 Å². The van der Waals surface area contributed by atoms with Gasteiger partial charge in [-0.15, -0.1) is 24.5 Å². The van der Waals surface area contributed by atoms with Crippen LogP contribution in [-0.2, 0) is 0 Å². The summed E-state index contributed by atoms with van der Waals surface area (Å²) in [7, 11) is 0. The smallest absolute Gasteiger partial charge is 0.406 e. The third-order valence-electron chi connectivity index (χ3n) is 4.37. The first-order chi connectivity index (χ1) is 14.4. The molecule has 0 saturated heterocycles. The zero-order valence-electron chi connectivity index (χ0n) is 15.6. The van der Waals surface area contributed by atoms with E-state index in [1.165, 1.54) is 29.8 Å². The Labute approximate surface area is 174 Å². The van der Waals surface area contributed by atoms with Crippen molar-refractivity contribution < 1.29 is 17.9 Å². The van der Waals surface area contributed by atoms with Gasteiger partial charge in [0.1, 0.15) is 17.9 Å². The van der Waals surface area contributed by atoms with Crippen LogP contribution in [0, 0.1) is 0 Å². The Balaban J connectivity index is 1.51. The zero-order valence-corrected chi connectivity index (χ0v) is 16.4. The van der Waals surface area contributed by atoms with Gasteiger partial charge in [0, 0.05) is 23.4 Å². The molecule has 154 valence electrons. The van der Waals surface area contributed by atoms with Crippen LogP contribution in [-0.4, -0.2) is 22.9 Å². The molecule has 0 aliphatic heterocycles. The fraction of sp³-hybridized carbons (Fsp3) is 0.143. The highest BCUT2D eigenvalue weighted by Gasteiger charge is 2.31. The Kier molecular flexibility index (Phi) is 5.56. The average molecular weight is 430 g/mol. The summed E-state index contributed by atoms with van der Waals surface area (Å²) in [5.74, 6) is 0.365. The molecule has 0 aliphatic carbocycles. The maximum atomic E-state index is 12.4. The van der Waals surface area contributed by atoms with Crippen LogP contribution in [0.15, 0.2) is 67.0 Å². The molecule has 2 aromatic carbocycles. The van der Waals surface area contributed by atoms with E-state index in [-0.39, 0.29) is 11.8 Å². The van der Waals surface area contributed by atoms with Crippen molar-refractivity contribution in [2.75, 3.05) is 11.9 Å². The van der Waals surface area contributed by atoms with Gasteiger partial charge in [0.15, 0.2) is 0 Å². The molecule has 0 aliphatic rings. The highest BCUT2D eigenvalue weighted by atomic mass is 32.1. The molecule has 0 amide bonds. The SMILES string of the molecule is N[C@@H](CNc1cc(-c2cc3cc(OC(F)(F)F)ccc3s2)ncn1)c1ccccc1. The van der Waals surface area contributed by atoms with Gasteiger partial charge >= 0.3 is 6.36 Å². The lowest BCUT2D eigenvalue weighted by Gasteiger charge is -2.13. The normalized spacial score (nSPS) is 12.7. The number of nitrogens with zero attached hydrogens (tertiary/aromatic N) is 2. The van der Waals surface area contributed by atoms with Gasteiger partial charge < -0.3 is 15.8 Å². The van der Waals surface area contributed by atoms with Crippen LogP contribution in [0.5, 0.6) is 5.75 Å². The second-order valence-corrected chi connectivity index (χ2v) is 7.63. The highest BCUT2D eigenvalue weighted by Crippen LogP contribution is 2.36. The van der Waals surface area contributed by atoms with E-state index < -0.39 is 6.36 Å². The fourth-order valence-electron chi connectivity index (χ4n) is 2.97. The molecule has 30 heavy (non-hydrogen) atoms. The Bertz CT molecular complexity index is 1150. The molecule has 4 aromatic rings. The van der Waals surface area contributed by atoms with Gasteiger partial charge in [0.05, 0.1) is 10.6 Å². The Morgan fingerprint density at radius 3 is 2.60 bits per heavy atom. The predicted octanol–water partition coefficient (Wildman–Crippen LogP) is 5.37. The van der Waals surface area contributed by atoms with E-state index in [1.807, 2.05) is 30.3 Å². The molecule has 0 spiro atoms. The van der Waals surface area contributed by atoms with Gasteiger partial charge in [-0.05, 0) is 35.2 Å². The van der Waals surface area contributed by atoms with E-state index in [1.54, 1.807) is 18.2 Å². The molecule has 9 heteroatoms. The molecule has 0 fully saturated rings. The van der Waals surface area contributed by atoms with Gasteiger partial charge in [-0.2, -0.15) is 0 Å². The second-order valence-electron chi connectivity index (χ2n) is 6.54. The van der Waals surface area contributed by atoms with Gasteiger partial charge in [0.25, 0.3) is 0 Å². The van der Waals surface area contributed by atoms with Gasteiger partial charge in [-0.25, -0.2) is 9.97 Å². The molecule has 0 saturated carbocycles. The zero-order chi connectivity index (χ0) is 21.1. The number of nitrogens with two attached hydrogens (primary N) is 1. The van der Waals surface area contributed by atoms with E-state index in [0.29, 0.717) is 23.4 Å². The van der Waals surface area contributed by atoms with Crippen LogP contribution in [0.25, 0.3) is 20.7 Å². The number of aromatic nitrogens is 2. The van der Waals surface area contributed by atoms with Crippen molar-refractivity contribution in [3.63, 3.8) is 0 Å². The minimum atomic E-state index is -4.72. The largest absolute Gasteiger partial charge is 0.573 e. The summed E-state index contributed by atoms with van der Waals surface area (Å²) in [6, 6.07) is 17.4. The summed E-state index contributed by atoms with van der Waals surface area (Å²) in [6.07, 6.45) is -3.28. The summed E-state index contributed by atoms with van der Waals surface area (Å²) in [5, 5.41) is 3.85. The quantitative estimate of drug-likeness (QED) is 0.430. The van der Waals surface area contributed by atoms with Crippen molar-refractivity contribution in [3.05, 3.63) is 72.6 Å². The number of thiophene rings is 1. The van der Waals surface area contributed by atoms with Crippen LogP contribution in [0.1, 0.15) is 11.6 Å². The van der Waals surface area contributed by atoms with Crippen molar-refractivity contribution >= 4 is 27.2 Å². The van der Waals surface area contributed by atoms with Crippen LogP contribution in [0.3, 0.4) is 0 Å². The second kappa shape index (κ2) is 8.29. The summed E-state index contributed by atoms with van der Waals surface area (Å²) < 4.78 is 42.1. The number of rotatable bonds is 6. The highest BCUT2D eigenvalue weighted by molar-refractivity contribution is 7.22. The maximum absolute atomic E-state index is 12.4. The number of hydrogen-bond donors (Lipinski definition) is 2. The molecular formula is C21H17F3N4OS. The van der Waals surface area contributed by atoms with E-state index in [0.717, 1.165) is 15.1 Å².